The van der Waals surface area contributed by atoms with Gasteiger partial charge in [-0.25, -0.2) is 0 Å². The number of ether oxygens (including phenoxy) is 3. The van der Waals surface area contributed by atoms with Crippen LogP contribution < -0.4 is 0 Å². The van der Waals surface area contributed by atoms with E-state index in [1.165, 1.54) is 161 Å². The number of carbonyl (C=O) groups is 3. The lowest BCUT2D eigenvalue weighted by molar-refractivity contribution is -0.167. The Morgan fingerprint density at radius 2 is 0.534 bits per heavy atom. The van der Waals surface area contributed by atoms with Gasteiger partial charge in [0.1, 0.15) is 13.2 Å². The van der Waals surface area contributed by atoms with Crippen molar-refractivity contribution in [2.75, 3.05) is 13.2 Å². The van der Waals surface area contributed by atoms with Crippen LogP contribution in [0.25, 0.3) is 0 Å². The van der Waals surface area contributed by atoms with Gasteiger partial charge in [0.25, 0.3) is 0 Å². The molecule has 73 heavy (non-hydrogen) atoms. The van der Waals surface area contributed by atoms with E-state index in [1.54, 1.807) is 0 Å². The number of carbonyl (C=O) groups excluding carboxylic acids is 3. The van der Waals surface area contributed by atoms with Crippen molar-refractivity contribution in [3.8, 4) is 0 Å². The first kappa shape index (κ1) is 69.3. The summed E-state index contributed by atoms with van der Waals surface area (Å²) in [6.07, 6.45) is 81.1. The summed E-state index contributed by atoms with van der Waals surface area (Å²) >= 11 is 0. The number of unbranched alkanes of at least 4 members (excludes halogenated alkanes) is 33. The standard InChI is InChI=1S/C67H114O6/c1-4-7-10-13-16-19-22-25-28-31-34-37-39-42-45-48-51-54-57-60-66(69)72-63-64(73-67(70)61-58-55-52-49-46-43-40-36-33-30-27-24-21-18-15-12-9-6-3)62-71-65(68)59-56-53-50-47-44-41-38-35-32-29-26-23-20-17-14-11-8-5-2/h12,15-16,18-19,21-22,24-25,27,30,33,35-36,38,40,64H,4-11,13-14,17,20,23,26,28-29,31-32,34,37,39,41-63H2,1-3H3/b15-12-,19-16-,21-18-,25-22-,27-24-,33-30-,38-35-,40-36-. The van der Waals surface area contributed by atoms with Crippen LogP contribution in [0.1, 0.15) is 290 Å². The Morgan fingerprint density at radius 1 is 0.274 bits per heavy atom. The van der Waals surface area contributed by atoms with Crippen molar-refractivity contribution in [1.82, 2.24) is 0 Å². The predicted octanol–water partition coefficient (Wildman–Crippen LogP) is 20.9. The Balaban J connectivity index is 4.45. The predicted molar refractivity (Wildman–Crippen MR) is 316 cm³/mol. The van der Waals surface area contributed by atoms with Gasteiger partial charge in [-0.3, -0.25) is 14.4 Å². The lowest BCUT2D eigenvalue weighted by Crippen LogP contribution is -2.30. The van der Waals surface area contributed by atoms with E-state index in [4.69, 9.17) is 14.2 Å². The van der Waals surface area contributed by atoms with E-state index in [0.29, 0.717) is 19.3 Å². The molecule has 0 N–H and O–H groups in total. The van der Waals surface area contributed by atoms with Crippen LogP contribution in [0.3, 0.4) is 0 Å². The number of rotatable bonds is 55. The third-order valence-corrected chi connectivity index (χ3v) is 13.2. The fourth-order valence-electron chi connectivity index (χ4n) is 8.52. The summed E-state index contributed by atoms with van der Waals surface area (Å²) in [5, 5.41) is 0. The maximum absolute atomic E-state index is 12.9. The number of esters is 3. The van der Waals surface area contributed by atoms with Crippen LogP contribution in [0.5, 0.6) is 0 Å². The lowest BCUT2D eigenvalue weighted by atomic mass is 10.1. The molecule has 0 saturated carbocycles. The fourth-order valence-corrected chi connectivity index (χ4v) is 8.52. The van der Waals surface area contributed by atoms with Crippen LogP contribution in [0.4, 0.5) is 0 Å². The highest BCUT2D eigenvalue weighted by molar-refractivity contribution is 5.71. The van der Waals surface area contributed by atoms with E-state index in [2.05, 4.69) is 93.7 Å². The molecule has 6 heteroatoms. The van der Waals surface area contributed by atoms with Crippen molar-refractivity contribution in [2.45, 2.75) is 297 Å². The molecule has 0 heterocycles. The van der Waals surface area contributed by atoms with Crippen molar-refractivity contribution < 1.29 is 28.6 Å². The van der Waals surface area contributed by atoms with Gasteiger partial charge in [0.05, 0.1) is 0 Å². The molecule has 0 aliphatic carbocycles. The van der Waals surface area contributed by atoms with Crippen molar-refractivity contribution in [3.05, 3.63) is 97.2 Å². The Hall–Kier alpha value is -3.67. The summed E-state index contributed by atoms with van der Waals surface area (Å²) in [5.41, 5.74) is 0. The third kappa shape index (κ3) is 59.1. The first-order valence-corrected chi connectivity index (χ1v) is 30.8. The molecule has 1 atom stereocenters. The van der Waals surface area contributed by atoms with E-state index in [9.17, 15) is 14.4 Å². The Labute approximate surface area is 451 Å². The number of hydrogen-bond acceptors (Lipinski definition) is 6. The molecular weight excluding hydrogens is 901 g/mol. The Bertz CT molecular complexity index is 1440. The fraction of sp³-hybridized carbons (Fsp3) is 0.716. The molecule has 0 aromatic carbocycles. The molecule has 0 fully saturated rings. The summed E-state index contributed by atoms with van der Waals surface area (Å²) in [5.74, 6) is -0.921. The molecule has 0 saturated heterocycles. The second-order valence-corrected chi connectivity index (χ2v) is 20.4. The second kappa shape index (κ2) is 60.9. The van der Waals surface area contributed by atoms with Gasteiger partial charge >= 0.3 is 17.9 Å². The molecular formula is C67H114O6. The summed E-state index contributed by atoms with van der Waals surface area (Å²) in [6.45, 7) is 6.52. The zero-order valence-corrected chi connectivity index (χ0v) is 47.9. The number of hydrogen-bond donors (Lipinski definition) is 0. The summed E-state index contributed by atoms with van der Waals surface area (Å²) in [6, 6.07) is 0. The van der Waals surface area contributed by atoms with Crippen LogP contribution in [-0.4, -0.2) is 37.2 Å². The van der Waals surface area contributed by atoms with Gasteiger partial charge in [-0.05, 0) is 89.9 Å². The minimum atomic E-state index is -0.798. The largest absolute Gasteiger partial charge is 0.462 e. The smallest absolute Gasteiger partial charge is 0.306 e. The SMILES string of the molecule is CCC\C=C/C=C\C=C/C=C\C=C/CCCCCCCC(=O)OC(COC(=O)CCCCCCC/C=C\CCCCCCCCCCC)COC(=O)CCCCCCCCCCCC/C=C\C=C/CCCCC. The van der Waals surface area contributed by atoms with E-state index < -0.39 is 6.10 Å². The summed E-state index contributed by atoms with van der Waals surface area (Å²) in [4.78, 5) is 38.3. The minimum Gasteiger partial charge on any atom is -0.462 e. The maximum atomic E-state index is 12.9. The van der Waals surface area contributed by atoms with Crippen molar-refractivity contribution in [1.29, 1.82) is 0 Å². The molecule has 0 rings (SSSR count). The molecule has 0 aliphatic heterocycles. The molecule has 6 nitrogen and oxygen atoms in total. The molecule has 0 spiro atoms. The van der Waals surface area contributed by atoms with Gasteiger partial charge in [-0.2, -0.15) is 0 Å². The summed E-state index contributed by atoms with van der Waals surface area (Å²) in [7, 11) is 0. The topological polar surface area (TPSA) is 78.9 Å². The highest BCUT2D eigenvalue weighted by Crippen LogP contribution is 2.16. The monoisotopic (exact) mass is 1010 g/mol. The quantitative estimate of drug-likeness (QED) is 0.0199. The van der Waals surface area contributed by atoms with Crippen LogP contribution in [-0.2, 0) is 28.6 Å². The van der Waals surface area contributed by atoms with Gasteiger partial charge in [-0.1, -0.05) is 279 Å². The molecule has 0 aliphatic rings. The molecule has 1 unspecified atom stereocenters. The van der Waals surface area contributed by atoms with Crippen molar-refractivity contribution in [2.24, 2.45) is 0 Å². The number of allylic oxidation sites excluding steroid dienone is 16. The van der Waals surface area contributed by atoms with Crippen LogP contribution in [0, 0.1) is 0 Å². The lowest BCUT2D eigenvalue weighted by Gasteiger charge is -2.18. The zero-order valence-electron chi connectivity index (χ0n) is 47.9. The van der Waals surface area contributed by atoms with Crippen LogP contribution in [0.15, 0.2) is 97.2 Å². The van der Waals surface area contributed by atoms with E-state index >= 15 is 0 Å². The zero-order chi connectivity index (χ0) is 52.9. The Morgan fingerprint density at radius 3 is 0.904 bits per heavy atom. The molecule has 0 bridgehead atoms. The maximum Gasteiger partial charge on any atom is 0.306 e. The minimum absolute atomic E-state index is 0.0925. The molecule has 0 aromatic heterocycles. The normalized spacial score (nSPS) is 12.8. The van der Waals surface area contributed by atoms with E-state index in [-0.39, 0.29) is 31.1 Å². The molecule has 418 valence electrons. The first-order valence-electron chi connectivity index (χ1n) is 30.8. The second-order valence-electron chi connectivity index (χ2n) is 20.4. The van der Waals surface area contributed by atoms with Gasteiger partial charge in [0.15, 0.2) is 6.10 Å². The van der Waals surface area contributed by atoms with Crippen LogP contribution >= 0.6 is 0 Å². The molecule has 0 amide bonds. The summed E-state index contributed by atoms with van der Waals surface area (Å²) < 4.78 is 16.9. The third-order valence-electron chi connectivity index (χ3n) is 13.2. The highest BCUT2D eigenvalue weighted by atomic mass is 16.6. The average Bonchev–Trinajstić information content (AvgIpc) is 3.39. The van der Waals surface area contributed by atoms with Crippen molar-refractivity contribution >= 4 is 17.9 Å². The van der Waals surface area contributed by atoms with Crippen LogP contribution in [0.2, 0.25) is 0 Å². The Kier molecular flexibility index (Phi) is 57.8. The van der Waals surface area contributed by atoms with Gasteiger partial charge in [0, 0.05) is 19.3 Å². The van der Waals surface area contributed by atoms with Gasteiger partial charge in [0.2, 0.25) is 0 Å². The van der Waals surface area contributed by atoms with Gasteiger partial charge < -0.3 is 14.2 Å². The average molecular weight is 1020 g/mol. The van der Waals surface area contributed by atoms with E-state index in [0.717, 1.165) is 89.9 Å². The van der Waals surface area contributed by atoms with E-state index in [1.807, 2.05) is 24.3 Å². The molecule has 0 radical (unpaired) electrons. The highest BCUT2D eigenvalue weighted by Gasteiger charge is 2.19. The first-order chi connectivity index (χ1) is 36.0. The van der Waals surface area contributed by atoms with Crippen molar-refractivity contribution in [3.63, 3.8) is 0 Å². The molecule has 0 aromatic rings. The van der Waals surface area contributed by atoms with Gasteiger partial charge in [-0.15, -0.1) is 0 Å².